The molecule has 0 saturated carbocycles. The number of aliphatic hydroxyl groups is 1. The van der Waals surface area contributed by atoms with Crippen LogP contribution in [0.2, 0.25) is 0 Å². The van der Waals surface area contributed by atoms with Gasteiger partial charge in [0.15, 0.2) is 0 Å². The van der Waals surface area contributed by atoms with Gasteiger partial charge in [-0.05, 0) is 43.5 Å². The fraction of sp³-hybridized carbons (Fsp3) is 0.333. The molecule has 1 aliphatic heterocycles. The third kappa shape index (κ3) is 3.54. The Bertz CT molecular complexity index is 939. The van der Waals surface area contributed by atoms with Gasteiger partial charge >= 0.3 is 0 Å². The smallest absolute Gasteiger partial charge is 0.258 e. The summed E-state index contributed by atoms with van der Waals surface area (Å²) in [5.41, 5.74) is 1.59. The summed E-state index contributed by atoms with van der Waals surface area (Å²) >= 11 is 0. The first-order valence-corrected chi connectivity index (χ1v) is 9.16. The lowest BCUT2D eigenvalue weighted by Crippen LogP contribution is -2.32. The van der Waals surface area contributed by atoms with Crippen molar-refractivity contribution in [1.29, 1.82) is 0 Å². The van der Waals surface area contributed by atoms with Crippen molar-refractivity contribution in [3.05, 3.63) is 76.3 Å². The Morgan fingerprint density at radius 2 is 1.92 bits per heavy atom. The third-order valence-electron chi connectivity index (χ3n) is 5.19. The third-order valence-corrected chi connectivity index (χ3v) is 5.19. The van der Waals surface area contributed by atoms with Gasteiger partial charge in [-0.1, -0.05) is 42.5 Å². The van der Waals surface area contributed by atoms with E-state index in [0.717, 1.165) is 30.5 Å². The Labute approximate surface area is 152 Å². The highest BCUT2D eigenvalue weighted by Gasteiger charge is 2.27. The molecule has 0 bridgehead atoms. The quantitative estimate of drug-likeness (QED) is 0.743. The van der Waals surface area contributed by atoms with Gasteiger partial charge in [0.05, 0.1) is 23.6 Å². The molecule has 5 heteroatoms. The Morgan fingerprint density at radius 1 is 1.15 bits per heavy atom. The van der Waals surface area contributed by atoms with Crippen LogP contribution in [0, 0.1) is 0 Å². The zero-order valence-corrected chi connectivity index (χ0v) is 14.6. The summed E-state index contributed by atoms with van der Waals surface area (Å²) in [4.78, 5) is 22.1. The van der Waals surface area contributed by atoms with Crippen molar-refractivity contribution in [3.8, 4) is 0 Å². The zero-order valence-electron chi connectivity index (χ0n) is 14.6. The Balaban J connectivity index is 1.50. The lowest BCUT2D eigenvalue weighted by molar-refractivity contribution is 0.117. The van der Waals surface area contributed by atoms with E-state index in [4.69, 9.17) is 0 Å². The molecule has 2 N–H and O–H groups in total. The first kappa shape index (κ1) is 16.9. The summed E-state index contributed by atoms with van der Waals surface area (Å²) in [5.74, 6) is 0.690. The van der Waals surface area contributed by atoms with E-state index in [2.05, 4.69) is 14.9 Å². The maximum atomic E-state index is 12.3. The molecule has 0 radical (unpaired) electrons. The Kier molecular flexibility index (Phi) is 4.82. The van der Waals surface area contributed by atoms with Crippen LogP contribution in [0.4, 0.5) is 0 Å². The molecule has 2 heterocycles. The number of hydrogen-bond donors (Lipinski definition) is 2. The summed E-state index contributed by atoms with van der Waals surface area (Å²) in [5, 5.41) is 11.2. The number of nitrogens with one attached hydrogen (secondary N) is 1. The predicted octanol–water partition coefficient (Wildman–Crippen LogP) is 3.01. The Morgan fingerprint density at radius 3 is 2.77 bits per heavy atom. The molecule has 5 nitrogen and oxygen atoms in total. The van der Waals surface area contributed by atoms with E-state index in [1.54, 1.807) is 6.07 Å². The van der Waals surface area contributed by atoms with Gasteiger partial charge in [0.2, 0.25) is 0 Å². The lowest BCUT2D eigenvalue weighted by atomic mass is 10.0. The van der Waals surface area contributed by atoms with Crippen molar-refractivity contribution in [3.63, 3.8) is 0 Å². The first-order chi connectivity index (χ1) is 12.7. The standard InChI is InChI=1S/C21H23N3O2/c25-19(15-7-2-1-3-8-15)13-16-9-6-12-24(16)14-20-22-18-11-5-4-10-17(18)21(26)23-20/h1-5,7-8,10-11,16,19,25H,6,9,12-14H2,(H,22,23,26)/t16-,19-/m0/s1. The fourth-order valence-electron chi connectivity index (χ4n) is 3.84. The van der Waals surface area contributed by atoms with Crippen LogP contribution in [0.25, 0.3) is 10.9 Å². The second kappa shape index (κ2) is 7.40. The van der Waals surface area contributed by atoms with Gasteiger partial charge in [0, 0.05) is 6.04 Å². The second-order valence-corrected chi connectivity index (χ2v) is 6.96. The average molecular weight is 349 g/mol. The number of aromatic nitrogens is 2. The number of likely N-dealkylation sites (tertiary alicyclic amines) is 1. The van der Waals surface area contributed by atoms with E-state index < -0.39 is 6.10 Å². The van der Waals surface area contributed by atoms with Gasteiger partial charge < -0.3 is 10.1 Å². The summed E-state index contributed by atoms with van der Waals surface area (Å²) in [6.07, 6.45) is 2.39. The number of aliphatic hydroxyl groups excluding tert-OH is 1. The number of H-pyrrole nitrogens is 1. The Hall–Kier alpha value is -2.50. The van der Waals surface area contributed by atoms with E-state index in [1.807, 2.05) is 48.5 Å². The molecule has 1 saturated heterocycles. The van der Waals surface area contributed by atoms with Crippen LogP contribution in [-0.4, -0.2) is 32.6 Å². The summed E-state index contributed by atoms with van der Waals surface area (Å²) in [6.45, 7) is 1.56. The highest BCUT2D eigenvalue weighted by atomic mass is 16.3. The minimum Gasteiger partial charge on any atom is -0.388 e. The lowest BCUT2D eigenvalue weighted by Gasteiger charge is -2.26. The van der Waals surface area contributed by atoms with E-state index in [9.17, 15) is 9.90 Å². The van der Waals surface area contributed by atoms with Gasteiger partial charge in [0.1, 0.15) is 5.82 Å². The monoisotopic (exact) mass is 349 g/mol. The van der Waals surface area contributed by atoms with Crippen LogP contribution in [0.3, 0.4) is 0 Å². The average Bonchev–Trinajstić information content (AvgIpc) is 3.09. The number of hydrogen-bond acceptors (Lipinski definition) is 4. The first-order valence-electron chi connectivity index (χ1n) is 9.16. The minimum atomic E-state index is -0.467. The number of rotatable bonds is 5. The van der Waals surface area contributed by atoms with Crippen molar-refractivity contribution in [2.75, 3.05) is 6.54 Å². The molecule has 0 amide bonds. The van der Waals surface area contributed by atoms with Crippen LogP contribution in [0.15, 0.2) is 59.4 Å². The summed E-state index contributed by atoms with van der Waals surface area (Å²) < 4.78 is 0. The van der Waals surface area contributed by atoms with Gasteiger partial charge in [0.25, 0.3) is 5.56 Å². The topological polar surface area (TPSA) is 69.2 Å². The minimum absolute atomic E-state index is 0.0920. The molecule has 1 aliphatic rings. The largest absolute Gasteiger partial charge is 0.388 e. The number of aromatic amines is 1. The highest BCUT2D eigenvalue weighted by Crippen LogP contribution is 2.28. The molecule has 4 rings (SSSR count). The zero-order chi connectivity index (χ0) is 17.9. The van der Waals surface area contributed by atoms with E-state index in [1.165, 1.54) is 0 Å². The normalized spacial score (nSPS) is 19.0. The fourth-order valence-corrected chi connectivity index (χ4v) is 3.84. The maximum Gasteiger partial charge on any atom is 0.258 e. The molecule has 2 aromatic carbocycles. The molecule has 3 aromatic rings. The molecule has 26 heavy (non-hydrogen) atoms. The van der Waals surface area contributed by atoms with E-state index in [-0.39, 0.29) is 5.56 Å². The molecule has 0 spiro atoms. The molecule has 134 valence electrons. The van der Waals surface area contributed by atoms with Crippen LogP contribution < -0.4 is 5.56 Å². The number of nitrogens with zero attached hydrogens (tertiary/aromatic N) is 2. The van der Waals surface area contributed by atoms with Gasteiger partial charge in [-0.2, -0.15) is 0 Å². The molecule has 0 unspecified atom stereocenters. The van der Waals surface area contributed by atoms with E-state index >= 15 is 0 Å². The van der Waals surface area contributed by atoms with Crippen molar-refractivity contribution < 1.29 is 5.11 Å². The molecule has 2 atom stereocenters. The SMILES string of the molecule is O=c1[nH]c(CN2CCC[C@H]2C[C@H](O)c2ccccc2)nc2ccccc12. The molecule has 1 fully saturated rings. The van der Waals surface area contributed by atoms with Gasteiger partial charge in [-0.15, -0.1) is 0 Å². The van der Waals surface area contributed by atoms with Gasteiger partial charge in [-0.25, -0.2) is 4.98 Å². The molecular weight excluding hydrogens is 326 g/mol. The molecule has 1 aromatic heterocycles. The summed E-state index contributed by atoms with van der Waals surface area (Å²) in [7, 11) is 0. The van der Waals surface area contributed by atoms with Crippen LogP contribution in [-0.2, 0) is 6.54 Å². The maximum absolute atomic E-state index is 12.3. The number of benzene rings is 2. The van der Waals surface area contributed by atoms with Crippen molar-refractivity contribution in [1.82, 2.24) is 14.9 Å². The van der Waals surface area contributed by atoms with Crippen LogP contribution in [0.1, 0.15) is 36.8 Å². The van der Waals surface area contributed by atoms with Crippen LogP contribution >= 0.6 is 0 Å². The molecule has 0 aliphatic carbocycles. The second-order valence-electron chi connectivity index (χ2n) is 6.96. The van der Waals surface area contributed by atoms with Gasteiger partial charge in [-0.3, -0.25) is 9.69 Å². The van der Waals surface area contributed by atoms with E-state index in [0.29, 0.717) is 30.2 Å². The summed E-state index contributed by atoms with van der Waals surface area (Å²) in [6, 6.07) is 17.5. The molecular formula is C21H23N3O2. The number of fused-ring (bicyclic) bond motifs is 1. The van der Waals surface area contributed by atoms with Crippen LogP contribution in [0.5, 0.6) is 0 Å². The number of para-hydroxylation sites is 1. The highest BCUT2D eigenvalue weighted by molar-refractivity contribution is 5.77. The van der Waals surface area contributed by atoms with Crippen molar-refractivity contribution in [2.45, 2.75) is 38.0 Å². The van der Waals surface area contributed by atoms with Crippen molar-refractivity contribution in [2.24, 2.45) is 0 Å². The van der Waals surface area contributed by atoms with Crippen molar-refractivity contribution >= 4 is 10.9 Å². The predicted molar refractivity (Wildman–Crippen MR) is 102 cm³/mol.